The summed E-state index contributed by atoms with van der Waals surface area (Å²) >= 11 is 0. The van der Waals surface area contributed by atoms with E-state index in [0.29, 0.717) is 21.4 Å². The third-order valence-corrected chi connectivity index (χ3v) is 7.28. The van der Waals surface area contributed by atoms with Crippen molar-refractivity contribution in [1.29, 1.82) is 0 Å². The fraction of sp³-hybridized carbons (Fsp3) is 0.552. The van der Waals surface area contributed by atoms with Crippen LogP contribution in [-0.4, -0.2) is 18.7 Å². The minimum Gasteiger partial charge on any atom is -0.823 e. The Balaban J connectivity index is 2.26. The lowest BCUT2D eigenvalue weighted by atomic mass is 9.95. The van der Waals surface area contributed by atoms with Gasteiger partial charge in [-0.3, -0.25) is 0 Å². The SMILES string of the molecule is CCCCCCOc1ccc(P=C([O-])c2c(C)cc(C)c(C)c2C)c(OCCCCCC)c1. The maximum Gasteiger partial charge on any atom is 0.134 e. The van der Waals surface area contributed by atoms with Gasteiger partial charge in [0.15, 0.2) is 0 Å². The van der Waals surface area contributed by atoms with Crippen molar-refractivity contribution in [3.05, 3.63) is 52.1 Å². The Bertz CT molecular complexity index is 918. The summed E-state index contributed by atoms with van der Waals surface area (Å²) in [4.78, 5) is 0. The van der Waals surface area contributed by atoms with E-state index in [1.807, 2.05) is 25.1 Å². The van der Waals surface area contributed by atoms with Crippen LogP contribution in [0.25, 0.3) is 0 Å². The van der Waals surface area contributed by atoms with E-state index < -0.39 is 0 Å². The minimum absolute atomic E-state index is 0.122. The largest absolute Gasteiger partial charge is 0.823 e. The Hall–Kier alpha value is -1.83. The van der Waals surface area contributed by atoms with Gasteiger partial charge in [0.25, 0.3) is 0 Å². The summed E-state index contributed by atoms with van der Waals surface area (Å²) in [5, 5.41) is 14.3. The zero-order valence-electron chi connectivity index (χ0n) is 21.6. The van der Waals surface area contributed by atoms with Gasteiger partial charge in [0.1, 0.15) is 11.5 Å². The van der Waals surface area contributed by atoms with Crippen LogP contribution in [0.4, 0.5) is 0 Å². The smallest absolute Gasteiger partial charge is 0.134 e. The molecule has 0 fully saturated rings. The molecule has 3 nitrogen and oxygen atoms in total. The lowest BCUT2D eigenvalue weighted by Crippen LogP contribution is -2.21. The van der Waals surface area contributed by atoms with E-state index in [0.717, 1.165) is 52.8 Å². The van der Waals surface area contributed by atoms with Crippen LogP contribution >= 0.6 is 8.20 Å². The first-order chi connectivity index (χ1) is 15.9. The molecule has 0 saturated carbocycles. The van der Waals surface area contributed by atoms with Crippen molar-refractivity contribution >= 4 is 19.0 Å². The van der Waals surface area contributed by atoms with Crippen molar-refractivity contribution < 1.29 is 14.6 Å². The van der Waals surface area contributed by atoms with E-state index in [4.69, 9.17) is 9.47 Å². The third-order valence-electron chi connectivity index (χ3n) is 6.25. The summed E-state index contributed by atoms with van der Waals surface area (Å²) < 4.78 is 12.2. The predicted octanol–water partition coefficient (Wildman–Crippen LogP) is 6.95. The Morgan fingerprint density at radius 1 is 0.758 bits per heavy atom. The molecule has 0 saturated heterocycles. The van der Waals surface area contributed by atoms with E-state index in [-0.39, 0.29) is 5.48 Å². The molecule has 2 aromatic rings. The molecule has 0 aromatic heterocycles. The van der Waals surface area contributed by atoms with Gasteiger partial charge in [0, 0.05) is 11.4 Å². The molecule has 0 atom stereocenters. The van der Waals surface area contributed by atoms with Gasteiger partial charge < -0.3 is 14.6 Å². The maximum absolute atomic E-state index is 13.3. The Morgan fingerprint density at radius 2 is 1.39 bits per heavy atom. The molecule has 0 aliphatic rings. The minimum atomic E-state index is 0.122. The van der Waals surface area contributed by atoms with Gasteiger partial charge in [0.05, 0.1) is 13.2 Å². The second-order valence-electron chi connectivity index (χ2n) is 9.00. The van der Waals surface area contributed by atoms with Crippen LogP contribution in [0.15, 0.2) is 24.3 Å². The Kier molecular flexibility index (Phi) is 12.0. The highest BCUT2D eigenvalue weighted by molar-refractivity contribution is 7.49. The van der Waals surface area contributed by atoms with Crippen LogP contribution in [0.2, 0.25) is 0 Å². The average Bonchev–Trinajstić information content (AvgIpc) is 2.78. The van der Waals surface area contributed by atoms with Crippen molar-refractivity contribution in [1.82, 2.24) is 0 Å². The van der Waals surface area contributed by atoms with Gasteiger partial charge in [0.2, 0.25) is 0 Å². The van der Waals surface area contributed by atoms with Gasteiger partial charge in [-0.1, -0.05) is 66.6 Å². The van der Waals surface area contributed by atoms with Crippen LogP contribution in [0.1, 0.15) is 93.0 Å². The number of aryl methyl sites for hydroxylation is 2. The fourth-order valence-corrected chi connectivity index (χ4v) is 5.06. The molecular weight excluding hydrogens is 427 g/mol. The number of unbranched alkanes of at least 4 members (excludes halogenated alkanes) is 6. The first-order valence-corrected chi connectivity index (χ1v) is 13.5. The van der Waals surface area contributed by atoms with Gasteiger partial charge >= 0.3 is 0 Å². The Morgan fingerprint density at radius 3 is 2.03 bits per heavy atom. The molecular formula is C29H42O3P-. The van der Waals surface area contributed by atoms with E-state index in [2.05, 4.69) is 40.7 Å². The van der Waals surface area contributed by atoms with Crippen LogP contribution in [0.5, 0.6) is 11.5 Å². The molecule has 0 N–H and O–H groups in total. The third kappa shape index (κ3) is 8.47. The molecule has 0 aliphatic heterocycles. The molecule has 2 aromatic carbocycles. The van der Waals surface area contributed by atoms with Crippen molar-refractivity contribution in [3.63, 3.8) is 0 Å². The monoisotopic (exact) mass is 469 g/mol. The summed E-state index contributed by atoms with van der Waals surface area (Å²) in [5.74, 6) is 1.59. The summed E-state index contributed by atoms with van der Waals surface area (Å²) in [5.41, 5.74) is 5.51. The highest BCUT2D eigenvalue weighted by atomic mass is 31.1. The first-order valence-electron chi connectivity index (χ1n) is 12.6. The van der Waals surface area contributed by atoms with Crippen molar-refractivity contribution in [3.8, 4) is 11.5 Å². The fourth-order valence-electron chi connectivity index (χ4n) is 4.00. The number of ether oxygens (including phenoxy) is 2. The van der Waals surface area contributed by atoms with Crippen LogP contribution < -0.4 is 19.9 Å². The summed E-state index contributed by atoms with van der Waals surface area (Å²) in [6.07, 6.45) is 9.33. The zero-order valence-corrected chi connectivity index (χ0v) is 22.4. The van der Waals surface area contributed by atoms with E-state index in [1.54, 1.807) is 0 Å². The quantitative estimate of drug-likeness (QED) is 0.222. The number of benzene rings is 2. The molecule has 0 bridgehead atoms. The van der Waals surface area contributed by atoms with Crippen molar-refractivity contribution in [2.45, 2.75) is 92.9 Å². The second kappa shape index (κ2) is 14.4. The van der Waals surface area contributed by atoms with Crippen LogP contribution in [0.3, 0.4) is 0 Å². The summed E-state index contributed by atoms with van der Waals surface area (Å²) in [6.45, 7) is 14.1. The van der Waals surface area contributed by atoms with Gasteiger partial charge in [-0.2, -0.15) is 0 Å². The van der Waals surface area contributed by atoms with E-state index >= 15 is 0 Å². The summed E-state index contributed by atoms with van der Waals surface area (Å²) in [6, 6.07) is 8.05. The van der Waals surface area contributed by atoms with Crippen molar-refractivity contribution in [2.75, 3.05) is 13.2 Å². The normalized spacial score (nSPS) is 11.7. The molecule has 182 valence electrons. The molecule has 0 aliphatic carbocycles. The molecule has 2 rings (SSSR count). The van der Waals surface area contributed by atoms with Crippen LogP contribution in [-0.2, 0) is 0 Å². The maximum atomic E-state index is 13.3. The molecule has 0 spiro atoms. The predicted molar refractivity (Wildman–Crippen MR) is 142 cm³/mol. The van der Waals surface area contributed by atoms with Gasteiger partial charge in [-0.05, 0) is 80.5 Å². The standard InChI is InChI=1S/C29H43O3P/c1-7-9-11-13-17-31-25-15-16-27(26(20-25)32-18-14-12-10-8-2)33-29(30)28-22(4)19-21(3)23(5)24(28)6/h15-16,19-20,30H,7-14,17-18H2,1-6H3/p-1. The number of rotatable bonds is 14. The molecule has 0 radical (unpaired) electrons. The lowest BCUT2D eigenvalue weighted by Gasteiger charge is -2.21. The highest BCUT2D eigenvalue weighted by Gasteiger charge is 2.10. The summed E-state index contributed by atoms with van der Waals surface area (Å²) in [7, 11) is 0.645. The molecule has 0 unspecified atom stereocenters. The molecule has 4 heteroatoms. The molecule has 33 heavy (non-hydrogen) atoms. The molecule has 0 heterocycles. The number of hydrogen-bond acceptors (Lipinski definition) is 3. The Labute approximate surface area is 203 Å². The molecule has 0 amide bonds. The van der Waals surface area contributed by atoms with Gasteiger partial charge in [-0.15, -0.1) is 5.48 Å². The van der Waals surface area contributed by atoms with Crippen molar-refractivity contribution in [2.24, 2.45) is 0 Å². The first kappa shape index (κ1) is 27.4. The topological polar surface area (TPSA) is 41.5 Å². The number of hydrogen-bond donors (Lipinski definition) is 0. The van der Waals surface area contributed by atoms with E-state index in [1.165, 1.54) is 43.2 Å². The highest BCUT2D eigenvalue weighted by Crippen LogP contribution is 2.26. The lowest BCUT2D eigenvalue weighted by molar-refractivity contribution is -0.207. The second-order valence-corrected chi connectivity index (χ2v) is 10.1. The average molecular weight is 470 g/mol. The van der Waals surface area contributed by atoms with Gasteiger partial charge in [-0.25, -0.2) is 0 Å². The van der Waals surface area contributed by atoms with Crippen LogP contribution in [0, 0.1) is 27.7 Å². The zero-order chi connectivity index (χ0) is 24.2. The van der Waals surface area contributed by atoms with E-state index in [9.17, 15) is 5.11 Å².